The molecule has 1 aromatic heterocycles. The summed E-state index contributed by atoms with van der Waals surface area (Å²) in [7, 11) is 0. The summed E-state index contributed by atoms with van der Waals surface area (Å²) in [6, 6.07) is 6.18. The molecule has 0 saturated heterocycles. The Morgan fingerprint density at radius 2 is 1.93 bits per heavy atom. The lowest BCUT2D eigenvalue weighted by Gasteiger charge is -2.10. The van der Waals surface area contributed by atoms with E-state index >= 15 is 0 Å². The molecule has 80 valence electrons. The van der Waals surface area contributed by atoms with Crippen molar-refractivity contribution in [1.29, 1.82) is 0 Å². The van der Waals surface area contributed by atoms with Gasteiger partial charge in [-0.1, -0.05) is 12.1 Å². The molecule has 3 rings (SSSR count). The first-order valence-electron chi connectivity index (χ1n) is 5.24. The SMILES string of the molecule is Cl.Nc1cccc2c3c([nH]c12)CCCC3. The molecule has 0 bridgehead atoms. The first kappa shape index (κ1) is 10.4. The molecule has 0 unspecified atom stereocenters. The maximum absolute atomic E-state index is 5.94. The molecule has 0 amide bonds. The fraction of sp³-hybridized carbons (Fsp3) is 0.333. The van der Waals surface area contributed by atoms with Crippen molar-refractivity contribution in [1.82, 2.24) is 4.98 Å². The number of anilines is 1. The number of nitrogens with two attached hydrogens (primary N) is 1. The van der Waals surface area contributed by atoms with Crippen molar-refractivity contribution in [2.24, 2.45) is 0 Å². The molecule has 0 saturated carbocycles. The lowest BCUT2D eigenvalue weighted by molar-refractivity contribution is 0.680. The van der Waals surface area contributed by atoms with E-state index in [9.17, 15) is 0 Å². The van der Waals surface area contributed by atoms with Crippen molar-refractivity contribution in [3.05, 3.63) is 29.5 Å². The van der Waals surface area contributed by atoms with E-state index in [1.165, 1.54) is 42.3 Å². The Bertz CT molecular complexity index is 488. The summed E-state index contributed by atoms with van der Waals surface area (Å²) in [6.45, 7) is 0. The van der Waals surface area contributed by atoms with Crippen molar-refractivity contribution in [3.63, 3.8) is 0 Å². The highest BCUT2D eigenvalue weighted by Gasteiger charge is 2.15. The molecule has 0 spiro atoms. The van der Waals surface area contributed by atoms with Crippen LogP contribution >= 0.6 is 12.4 Å². The summed E-state index contributed by atoms with van der Waals surface area (Å²) < 4.78 is 0. The lowest BCUT2D eigenvalue weighted by atomic mass is 9.96. The molecule has 15 heavy (non-hydrogen) atoms. The standard InChI is InChI=1S/C12H14N2.ClH/c13-10-6-3-5-9-8-4-1-2-7-11(8)14-12(9)10;/h3,5-6,14H,1-2,4,7,13H2;1H. The minimum Gasteiger partial charge on any atom is -0.397 e. The van der Waals surface area contributed by atoms with Gasteiger partial charge >= 0.3 is 0 Å². The lowest BCUT2D eigenvalue weighted by Crippen LogP contribution is -1.99. The number of aromatic amines is 1. The molecule has 0 aliphatic heterocycles. The molecular formula is C12H15ClN2. The van der Waals surface area contributed by atoms with E-state index in [1.807, 2.05) is 12.1 Å². The van der Waals surface area contributed by atoms with Gasteiger partial charge < -0.3 is 10.7 Å². The van der Waals surface area contributed by atoms with Gasteiger partial charge in [-0.05, 0) is 37.3 Å². The van der Waals surface area contributed by atoms with Gasteiger partial charge in [-0.15, -0.1) is 12.4 Å². The predicted octanol–water partition coefficient (Wildman–Crippen LogP) is 3.05. The highest BCUT2D eigenvalue weighted by atomic mass is 35.5. The minimum absolute atomic E-state index is 0. The average molecular weight is 223 g/mol. The Morgan fingerprint density at radius 1 is 1.13 bits per heavy atom. The summed E-state index contributed by atoms with van der Waals surface area (Å²) in [4.78, 5) is 3.46. The molecule has 2 aromatic rings. The van der Waals surface area contributed by atoms with Crippen molar-refractivity contribution in [2.45, 2.75) is 25.7 Å². The molecule has 0 radical (unpaired) electrons. The van der Waals surface area contributed by atoms with E-state index in [1.54, 1.807) is 0 Å². The van der Waals surface area contributed by atoms with E-state index in [0.29, 0.717) is 0 Å². The van der Waals surface area contributed by atoms with E-state index in [2.05, 4.69) is 11.1 Å². The topological polar surface area (TPSA) is 41.8 Å². The first-order valence-corrected chi connectivity index (χ1v) is 5.24. The number of nitrogen functional groups attached to an aromatic ring is 1. The number of H-pyrrole nitrogens is 1. The van der Waals surface area contributed by atoms with Crippen LogP contribution in [0.5, 0.6) is 0 Å². The van der Waals surface area contributed by atoms with Gasteiger partial charge in [-0.2, -0.15) is 0 Å². The van der Waals surface area contributed by atoms with E-state index in [4.69, 9.17) is 5.73 Å². The monoisotopic (exact) mass is 222 g/mol. The quantitative estimate of drug-likeness (QED) is 0.661. The fourth-order valence-corrected chi connectivity index (χ4v) is 2.45. The van der Waals surface area contributed by atoms with Crippen LogP contribution < -0.4 is 5.73 Å². The highest BCUT2D eigenvalue weighted by molar-refractivity contribution is 5.93. The zero-order valence-corrected chi connectivity index (χ0v) is 9.36. The molecule has 1 aliphatic carbocycles. The van der Waals surface area contributed by atoms with Gasteiger partial charge in [0.25, 0.3) is 0 Å². The number of fused-ring (bicyclic) bond motifs is 3. The molecular weight excluding hydrogens is 208 g/mol. The summed E-state index contributed by atoms with van der Waals surface area (Å²) in [6.07, 6.45) is 5.01. The molecule has 3 heteroatoms. The van der Waals surface area contributed by atoms with Gasteiger partial charge in [-0.3, -0.25) is 0 Å². The number of rotatable bonds is 0. The maximum atomic E-state index is 5.94. The predicted molar refractivity (Wildman–Crippen MR) is 66.6 cm³/mol. The Labute approximate surface area is 95.3 Å². The largest absolute Gasteiger partial charge is 0.397 e. The number of halogens is 1. The van der Waals surface area contributed by atoms with Crippen LogP contribution in [-0.4, -0.2) is 4.98 Å². The van der Waals surface area contributed by atoms with Gasteiger partial charge in [0.15, 0.2) is 0 Å². The van der Waals surface area contributed by atoms with Crippen LogP contribution in [-0.2, 0) is 12.8 Å². The number of aryl methyl sites for hydroxylation is 2. The summed E-state index contributed by atoms with van der Waals surface area (Å²) in [5.41, 5.74) is 10.9. The Kier molecular flexibility index (Phi) is 2.61. The Morgan fingerprint density at radius 3 is 2.80 bits per heavy atom. The van der Waals surface area contributed by atoms with Crippen LogP contribution in [0.1, 0.15) is 24.1 Å². The van der Waals surface area contributed by atoms with Crippen LogP contribution in [0.3, 0.4) is 0 Å². The molecule has 1 aliphatic rings. The fourth-order valence-electron chi connectivity index (χ4n) is 2.45. The smallest absolute Gasteiger partial charge is 0.0692 e. The van der Waals surface area contributed by atoms with Crippen molar-refractivity contribution in [3.8, 4) is 0 Å². The normalized spacial score (nSPS) is 14.7. The number of hydrogen-bond donors (Lipinski definition) is 2. The van der Waals surface area contributed by atoms with E-state index in [-0.39, 0.29) is 12.4 Å². The van der Waals surface area contributed by atoms with Crippen LogP contribution in [0.15, 0.2) is 18.2 Å². The third-order valence-electron chi connectivity index (χ3n) is 3.17. The minimum atomic E-state index is 0. The Hall–Kier alpha value is -1.15. The van der Waals surface area contributed by atoms with Gasteiger partial charge in [0.1, 0.15) is 0 Å². The zero-order valence-electron chi connectivity index (χ0n) is 8.55. The van der Waals surface area contributed by atoms with Crippen LogP contribution in [0, 0.1) is 0 Å². The Balaban J connectivity index is 0.000000853. The second-order valence-electron chi connectivity index (χ2n) is 4.06. The van der Waals surface area contributed by atoms with Crippen LogP contribution in [0.25, 0.3) is 10.9 Å². The van der Waals surface area contributed by atoms with Gasteiger partial charge in [0.05, 0.1) is 11.2 Å². The number of aromatic nitrogens is 1. The number of nitrogens with one attached hydrogen (secondary N) is 1. The summed E-state index contributed by atoms with van der Waals surface area (Å²) in [5, 5.41) is 1.33. The van der Waals surface area contributed by atoms with E-state index in [0.717, 1.165) is 11.2 Å². The van der Waals surface area contributed by atoms with Gasteiger partial charge in [0.2, 0.25) is 0 Å². The third kappa shape index (κ3) is 1.49. The summed E-state index contributed by atoms with van der Waals surface area (Å²) >= 11 is 0. The first-order chi connectivity index (χ1) is 6.86. The van der Waals surface area contributed by atoms with Crippen LogP contribution in [0.4, 0.5) is 5.69 Å². The van der Waals surface area contributed by atoms with Crippen LogP contribution in [0.2, 0.25) is 0 Å². The number of para-hydroxylation sites is 1. The van der Waals surface area contributed by atoms with Crippen molar-refractivity contribution < 1.29 is 0 Å². The molecule has 2 nitrogen and oxygen atoms in total. The van der Waals surface area contributed by atoms with Crippen molar-refractivity contribution in [2.75, 3.05) is 5.73 Å². The number of benzene rings is 1. The molecule has 0 atom stereocenters. The number of hydrogen-bond acceptors (Lipinski definition) is 1. The molecule has 0 fully saturated rings. The van der Waals surface area contributed by atoms with Crippen molar-refractivity contribution >= 4 is 29.0 Å². The van der Waals surface area contributed by atoms with Gasteiger partial charge in [0, 0.05) is 11.1 Å². The third-order valence-corrected chi connectivity index (χ3v) is 3.17. The molecule has 1 heterocycles. The summed E-state index contributed by atoms with van der Waals surface area (Å²) in [5.74, 6) is 0. The highest BCUT2D eigenvalue weighted by Crippen LogP contribution is 2.31. The molecule has 3 N–H and O–H groups in total. The maximum Gasteiger partial charge on any atom is 0.0692 e. The average Bonchev–Trinajstić information content (AvgIpc) is 2.59. The zero-order chi connectivity index (χ0) is 9.54. The molecule has 1 aromatic carbocycles. The van der Waals surface area contributed by atoms with E-state index < -0.39 is 0 Å². The second-order valence-corrected chi connectivity index (χ2v) is 4.06. The van der Waals surface area contributed by atoms with Gasteiger partial charge in [-0.25, -0.2) is 0 Å². The second kappa shape index (κ2) is 3.78.